The SMILES string of the molecule is CCc1ccc(OC(C)C(C)N)cc1. The Balaban J connectivity index is 2.59. The molecule has 0 aliphatic heterocycles. The van der Waals surface area contributed by atoms with Crippen LogP contribution >= 0.6 is 0 Å². The van der Waals surface area contributed by atoms with E-state index in [0.29, 0.717) is 0 Å². The summed E-state index contributed by atoms with van der Waals surface area (Å²) < 4.78 is 5.65. The summed E-state index contributed by atoms with van der Waals surface area (Å²) >= 11 is 0. The molecule has 0 heterocycles. The summed E-state index contributed by atoms with van der Waals surface area (Å²) in [6.07, 6.45) is 1.12. The highest BCUT2D eigenvalue weighted by molar-refractivity contribution is 5.27. The second kappa shape index (κ2) is 5.01. The molecular formula is C12H19NO. The number of ether oxygens (including phenoxy) is 1. The molecule has 1 aromatic rings. The first-order valence-corrected chi connectivity index (χ1v) is 5.14. The minimum atomic E-state index is 0.0563. The Morgan fingerprint density at radius 1 is 1.21 bits per heavy atom. The highest BCUT2D eigenvalue weighted by Gasteiger charge is 2.08. The van der Waals surface area contributed by atoms with Crippen molar-refractivity contribution in [3.05, 3.63) is 29.8 Å². The van der Waals surface area contributed by atoms with Crippen LogP contribution in [0, 0.1) is 0 Å². The fourth-order valence-corrected chi connectivity index (χ4v) is 1.13. The zero-order chi connectivity index (χ0) is 10.6. The van der Waals surface area contributed by atoms with Crippen LogP contribution in [-0.2, 0) is 6.42 Å². The number of nitrogens with two attached hydrogens (primary N) is 1. The molecular weight excluding hydrogens is 174 g/mol. The minimum absolute atomic E-state index is 0.0563. The molecule has 1 aromatic carbocycles. The van der Waals surface area contributed by atoms with Crippen LogP contribution in [0.5, 0.6) is 5.75 Å². The minimum Gasteiger partial charge on any atom is -0.489 e. The van der Waals surface area contributed by atoms with Crippen molar-refractivity contribution in [1.29, 1.82) is 0 Å². The van der Waals surface area contributed by atoms with E-state index in [9.17, 15) is 0 Å². The van der Waals surface area contributed by atoms with Gasteiger partial charge in [0.05, 0.1) is 0 Å². The lowest BCUT2D eigenvalue weighted by atomic mass is 10.1. The third kappa shape index (κ3) is 3.04. The van der Waals surface area contributed by atoms with E-state index in [1.807, 2.05) is 26.0 Å². The zero-order valence-electron chi connectivity index (χ0n) is 9.16. The van der Waals surface area contributed by atoms with E-state index in [1.165, 1.54) is 5.56 Å². The van der Waals surface area contributed by atoms with Crippen molar-refractivity contribution in [1.82, 2.24) is 0 Å². The van der Waals surface area contributed by atoms with Gasteiger partial charge in [-0.2, -0.15) is 0 Å². The average Bonchev–Trinajstić information content (AvgIpc) is 2.19. The quantitative estimate of drug-likeness (QED) is 0.796. The first kappa shape index (κ1) is 11.1. The van der Waals surface area contributed by atoms with Gasteiger partial charge in [0.25, 0.3) is 0 Å². The van der Waals surface area contributed by atoms with Crippen molar-refractivity contribution in [3.8, 4) is 5.75 Å². The summed E-state index contributed by atoms with van der Waals surface area (Å²) in [6.45, 7) is 6.07. The van der Waals surface area contributed by atoms with Crippen LogP contribution < -0.4 is 10.5 Å². The Bertz CT molecular complexity index is 266. The van der Waals surface area contributed by atoms with Gasteiger partial charge in [0.2, 0.25) is 0 Å². The molecule has 78 valence electrons. The normalized spacial score (nSPS) is 14.9. The molecule has 0 radical (unpaired) electrons. The number of hydrogen-bond donors (Lipinski definition) is 1. The smallest absolute Gasteiger partial charge is 0.119 e. The van der Waals surface area contributed by atoms with Gasteiger partial charge < -0.3 is 10.5 Å². The van der Waals surface area contributed by atoms with Crippen LogP contribution in [0.4, 0.5) is 0 Å². The summed E-state index contributed by atoms with van der Waals surface area (Å²) in [5, 5.41) is 0. The number of aryl methyl sites for hydroxylation is 1. The maximum absolute atomic E-state index is 5.71. The predicted octanol–water partition coefficient (Wildman–Crippen LogP) is 2.36. The maximum atomic E-state index is 5.71. The van der Waals surface area contributed by atoms with Gasteiger partial charge in [-0.15, -0.1) is 0 Å². The molecule has 0 saturated carbocycles. The molecule has 0 saturated heterocycles. The number of benzene rings is 1. The van der Waals surface area contributed by atoms with Crippen LogP contribution in [0.2, 0.25) is 0 Å². The van der Waals surface area contributed by atoms with Gasteiger partial charge in [0.15, 0.2) is 0 Å². The van der Waals surface area contributed by atoms with Gasteiger partial charge in [0, 0.05) is 6.04 Å². The van der Waals surface area contributed by atoms with E-state index in [4.69, 9.17) is 10.5 Å². The standard InChI is InChI=1S/C12H19NO/c1-4-11-5-7-12(8-6-11)14-10(3)9(2)13/h5-10H,4,13H2,1-3H3. The Morgan fingerprint density at radius 2 is 1.79 bits per heavy atom. The van der Waals surface area contributed by atoms with Gasteiger partial charge in [-0.3, -0.25) is 0 Å². The van der Waals surface area contributed by atoms with Crippen molar-refractivity contribution in [2.45, 2.75) is 39.3 Å². The molecule has 0 amide bonds. The first-order chi connectivity index (χ1) is 6.63. The molecule has 2 heteroatoms. The molecule has 0 aliphatic carbocycles. The highest BCUT2D eigenvalue weighted by atomic mass is 16.5. The lowest BCUT2D eigenvalue weighted by Gasteiger charge is -2.17. The molecule has 2 unspecified atom stereocenters. The lowest BCUT2D eigenvalue weighted by molar-refractivity contribution is 0.196. The molecule has 0 spiro atoms. The Hall–Kier alpha value is -1.02. The van der Waals surface area contributed by atoms with Gasteiger partial charge in [0.1, 0.15) is 11.9 Å². The Labute approximate surface area is 86.1 Å². The van der Waals surface area contributed by atoms with Crippen LogP contribution in [-0.4, -0.2) is 12.1 Å². The molecule has 0 bridgehead atoms. The molecule has 2 N–H and O–H groups in total. The third-order valence-electron chi connectivity index (χ3n) is 2.39. The molecule has 14 heavy (non-hydrogen) atoms. The molecule has 0 fully saturated rings. The monoisotopic (exact) mass is 193 g/mol. The van der Waals surface area contributed by atoms with E-state index in [-0.39, 0.29) is 12.1 Å². The van der Waals surface area contributed by atoms with Crippen molar-refractivity contribution >= 4 is 0 Å². The highest BCUT2D eigenvalue weighted by Crippen LogP contribution is 2.14. The second-order valence-electron chi connectivity index (χ2n) is 3.68. The van der Waals surface area contributed by atoms with E-state index in [0.717, 1.165) is 12.2 Å². The summed E-state index contributed by atoms with van der Waals surface area (Å²) in [5.74, 6) is 0.895. The summed E-state index contributed by atoms with van der Waals surface area (Å²) in [7, 11) is 0. The predicted molar refractivity (Wildman–Crippen MR) is 59.6 cm³/mol. The topological polar surface area (TPSA) is 35.2 Å². The summed E-state index contributed by atoms with van der Waals surface area (Å²) in [4.78, 5) is 0. The van der Waals surface area contributed by atoms with Gasteiger partial charge >= 0.3 is 0 Å². The van der Waals surface area contributed by atoms with Crippen molar-refractivity contribution < 1.29 is 4.74 Å². The fourth-order valence-electron chi connectivity index (χ4n) is 1.13. The Kier molecular flexibility index (Phi) is 3.96. The largest absolute Gasteiger partial charge is 0.489 e. The van der Waals surface area contributed by atoms with Gasteiger partial charge in [-0.05, 0) is 38.0 Å². The third-order valence-corrected chi connectivity index (χ3v) is 2.39. The van der Waals surface area contributed by atoms with Crippen LogP contribution in [0.3, 0.4) is 0 Å². The van der Waals surface area contributed by atoms with Crippen molar-refractivity contribution in [3.63, 3.8) is 0 Å². The molecule has 0 aromatic heterocycles. The van der Waals surface area contributed by atoms with E-state index in [2.05, 4.69) is 19.1 Å². The lowest BCUT2D eigenvalue weighted by Crippen LogP contribution is -2.33. The molecule has 2 nitrogen and oxygen atoms in total. The van der Waals surface area contributed by atoms with E-state index >= 15 is 0 Å². The van der Waals surface area contributed by atoms with Crippen LogP contribution in [0.1, 0.15) is 26.3 Å². The van der Waals surface area contributed by atoms with Crippen molar-refractivity contribution in [2.24, 2.45) is 5.73 Å². The molecule has 2 atom stereocenters. The van der Waals surface area contributed by atoms with Gasteiger partial charge in [-0.1, -0.05) is 19.1 Å². The van der Waals surface area contributed by atoms with Crippen molar-refractivity contribution in [2.75, 3.05) is 0 Å². The van der Waals surface area contributed by atoms with Crippen LogP contribution in [0.25, 0.3) is 0 Å². The Morgan fingerprint density at radius 3 is 2.21 bits per heavy atom. The first-order valence-electron chi connectivity index (χ1n) is 5.14. The second-order valence-corrected chi connectivity index (χ2v) is 3.68. The van der Waals surface area contributed by atoms with Crippen LogP contribution in [0.15, 0.2) is 24.3 Å². The van der Waals surface area contributed by atoms with E-state index in [1.54, 1.807) is 0 Å². The molecule has 1 rings (SSSR count). The molecule has 0 aliphatic rings. The summed E-state index contributed by atoms with van der Waals surface area (Å²) in [5.41, 5.74) is 7.04. The average molecular weight is 193 g/mol. The zero-order valence-corrected chi connectivity index (χ0v) is 9.16. The summed E-state index contributed by atoms with van der Waals surface area (Å²) in [6, 6.07) is 8.22. The van der Waals surface area contributed by atoms with Gasteiger partial charge in [-0.25, -0.2) is 0 Å². The maximum Gasteiger partial charge on any atom is 0.119 e. The number of hydrogen-bond acceptors (Lipinski definition) is 2. The van der Waals surface area contributed by atoms with E-state index < -0.39 is 0 Å². The number of rotatable bonds is 4. The fraction of sp³-hybridized carbons (Fsp3) is 0.500.